The van der Waals surface area contributed by atoms with Gasteiger partial charge in [0.25, 0.3) is 0 Å². The van der Waals surface area contributed by atoms with E-state index in [-0.39, 0.29) is 41.8 Å². The quantitative estimate of drug-likeness (QED) is 0.647. The van der Waals surface area contributed by atoms with Crippen molar-refractivity contribution in [3.05, 3.63) is 0 Å². The number of aliphatic hydroxyl groups excluding tert-OH is 1. The molecule has 1 aliphatic rings. The first-order chi connectivity index (χ1) is 9.07. The van der Waals surface area contributed by atoms with Gasteiger partial charge in [-0.2, -0.15) is 0 Å². The monoisotopic (exact) mass is 306 g/mol. The molecule has 0 spiro atoms. The molecule has 7 heteroatoms. The van der Waals surface area contributed by atoms with Gasteiger partial charge >= 0.3 is 0 Å². The van der Waals surface area contributed by atoms with Gasteiger partial charge in [0.2, 0.25) is 5.91 Å². The zero-order chi connectivity index (χ0) is 15.4. The normalized spacial score (nSPS) is 24.1. The fraction of sp³-hybridized carbons (Fsp3) is 0.923. The number of hydrogen-bond donors (Lipinski definition) is 3. The summed E-state index contributed by atoms with van der Waals surface area (Å²) in [7, 11) is -3.02. The van der Waals surface area contributed by atoms with Gasteiger partial charge in [0.15, 0.2) is 9.84 Å². The largest absolute Gasteiger partial charge is 0.391 e. The molecule has 1 rings (SSSR count). The SMILES string of the molecule is CC(C)(C)CC(O)CNC(=O)CC1CS(=O)(=O)CCN1. The third-order valence-electron chi connectivity index (χ3n) is 3.12. The van der Waals surface area contributed by atoms with Crippen molar-refractivity contribution >= 4 is 15.7 Å². The van der Waals surface area contributed by atoms with Crippen LogP contribution in [0.5, 0.6) is 0 Å². The van der Waals surface area contributed by atoms with Crippen molar-refractivity contribution in [3.8, 4) is 0 Å². The molecular weight excluding hydrogens is 280 g/mol. The summed E-state index contributed by atoms with van der Waals surface area (Å²) >= 11 is 0. The van der Waals surface area contributed by atoms with Crippen LogP contribution in [-0.4, -0.2) is 56.2 Å². The van der Waals surface area contributed by atoms with Crippen molar-refractivity contribution in [1.82, 2.24) is 10.6 Å². The summed E-state index contributed by atoms with van der Waals surface area (Å²) in [5.74, 6) is -0.0898. The number of sulfone groups is 1. The van der Waals surface area contributed by atoms with E-state index in [0.29, 0.717) is 13.0 Å². The lowest BCUT2D eigenvalue weighted by atomic mass is 9.89. The number of amides is 1. The topological polar surface area (TPSA) is 95.5 Å². The van der Waals surface area contributed by atoms with Crippen molar-refractivity contribution in [2.24, 2.45) is 5.41 Å². The van der Waals surface area contributed by atoms with Gasteiger partial charge in [-0.15, -0.1) is 0 Å². The molecule has 0 aromatic heterocycles. The Morgan fingerprint density at radius 3 is 2.65 bits per heavy atom. The van der Waals surface area contributed by atoms with E-state index < -0.39 is 15.9 Å². The molecule has 1 saturated heterocycles. The Bertz CT molecular complexity index is 428. The highest BCUT2D eigenvalue weighted by atomic mass is 32.2. The minimum absolute atomic E-state index is 0.00312. The summed E-state index contributed by atoms with van der Waals surface area (Å²) < 4.78 is 22.9. The van der Waals surface area contributed by atoms with Gasteiger partial charge in [0.1, 0.15) is 0 Å². The lowest BCUT2D eigenvalue weighted by molar-refractivity contribution is -0.122. The van der Waals surface area contributed by atoms with Crippen LogP contribution in [0.4, 0.5) is 0 Å². The third kappa shape index (κ3) is 7.21. The molecule has 2 atom stereocenters. The Hall–Kier alpha value is -0.660. The van der Waals surface area contributed by atoms with Crippen molar-refractivity contribution in [2.45, 2.75) is 45.8 Å². The number of carbonyl (C=O) groups is 1. The van der Waals surface area contributed by atoms with Gasteiger partial charge in [0.05, 0.1) is 17.6 Å². The van der Waals surface area contributed by atoms with Crippen LogP contribution in [0.25, 0.3) is 0 Å². The number of carbonyl (C=O) groups excluding carboxylic acids is 1. The van der Waals surface area contributed by atoms with Crippen molar-refractivity contribution in [2.75, 3.05) is 24.6 Å². The van der Waals surface area contributed by atoms with Gasteiger partial charge in [0, 0.05) is 25.6 Å². The second-order valence-electron chi connectivity index (χ2n) is 6.69. The van der Waals surface area contributed by atoms with Crippen LogP contribution < -0.4 is 10.6 Å². The minimum Gasteiger partial charge on any atom is -0.391 e. The maximum absolute atomic E-state index is 11.7. The number of rotatable bonds is 5. The Morgan fingerprint density at radius 1 is 1.45 bits per heavy atom. The zero-order valence-electron chi connectivity index (χ0n) is 12.5. The van der Waals surface area contributed by atoms with Gasteiger partial charge < -0.3 is 15.7 Å². The van der Waals surface area contributed by atoms with Crippen LogP contribution in [0.2, 0.25) is 0 Å². The second-order valence-corrected chi connectivity index (χ2v) is 8.92. The Morgan fingerprint density at radius 2 is 2.10 bits per heavy atom. The summed E-state index contributed by atoms with van der Waals surface area (Å²) in [6.07, 6.45) is 0.146. The van der Waals surface area contributed by atoms with Gasteiger partial charge in [-0.05, 0) is 11.8 Å². The van der Waals surface area contributed by atoms with Crippen molar-refractivity contribution < 1.29 is 18.3 Å². The summed E-state index contributed by atoms with van der Waals surface area (Å²) in [5, 5.41) is 15.5. The standard InChI is InChI=1S/C13H26N2O4S/c1-13(2,3)7-11(16)8-15-12(17)6-10-9-20(18,19)5-4-14-10/h10-11,14,16H,4-9H2,1-3H3,(H,15,17). The summed E-state index contributed by atoms with van der Waals surface area (Å²) in [4.78, 5) is 11.7. The predicted octanol–water partition coefficient (Wildman–Crippen LogP) is -0.324. The maximum atomic E-state index is 11.7. The van der Waals surface area contributed by atoms with E-state index in [4.69, 9.17) is 0 Å². The molecule has 118 valence electrons. The molecule has 1 heterocycles. The highest BCUT2D eigenvalue weighted by molar-refractivity contribution is 7.91. The molecule has 2 unspecified atom stereocenters. The van der Waals surface area contributed by atoms with Crippen LogP contribution >= 0.6 is 0 Å². The van der Waals surface area contributed by atoms with Gasteiger partial charge in [-0.1, -0.05) is 20.8 Å². The van der Waals surface area contributed by atoms with Crippen LogP contribution in [0.15, 0.2) is 0 Å². The number of aliphatic hydroxyl groups is 1. The first-order valence-electron chi connectivity index (χ1n) is 6.96. The molecule has 0 aliphatic carbocycles. The van der Waals surface area contributed by atoms with Gasteiger partial charge in [-0.3, -0.25) is 4.79 Å². The fourth-order valence-corrected chi connectivity index (χ4v) is 3.75. The van der Waals surface area contributed by atoms with E-state index in [9.17, 15) is 18.3 Å². The van der Waals surface area contributed by atoms with Crippen LogP contribution in [0.1, 0.15) is 33.6 Å². The number of nitrogens with one attached hydrogen (secondary N) is 2. The molecule has 0 aromatic rings. The molecule has 0 radical (unpaired) electrons. The van der Waals surface area contributed by atoms with Gasteiger partial charge in [-0.25, -0.2) is 8.42 Å². The van der Waals surface area contributed by atoms with E-state index in [2.05, 4.69) is 10.6 Å². The lowest BCUT2D eigenvalue weighted by Crippen LogP contribution is -2.47. The molecule has 0 bridgehead atoms. The molecule has 1 fully saturated rings. The highest BCUT2D eigenvalue weighted by Gasteiger charge is 2.26. The Kier molecular flexibility index (Phi) is 5.97. The third-order valence-corrected chi connectivity index (χ3v) is 4.85. The summed E-state index contributed by atoms with van der Waals surface area (Å²) in [6, 6.07) is -0.325. The lowest BCUT2D eigenvalue weighted by Gasteiger charge is -2.24. The smallest absolute Gasteiger partial charge is 0.221 e. The van der Waals surface area contributed by atoms with Crippen molar-refractivity contribution in [1.29, 1.82) is 0 Å². The van der Waals surface area contributed by atoms with Crippen LogP contribution in [-0.2, 0) is 14.6 Å². The average molecular weight is 306 g/mol. The summed E-state index contributed by atoms with van der Waals surface area (Å²) in [5.41, 5.74) is 0.00312. The van der Waals surface area contributed by atoms with Crippen molar-refractivity contribution in [3.63, 3.8) is 0 Å². The van der Waals surface area contributed by atoms with E-state index in [1.54, 1.807) is 0 Å². The van der Waals surface area contributed by atoms with Crippen LogP contribution in [0.3, 0.4) is 0 Å². The first-order valence-corrected chi connectivity index (χ1v) is 8.78. The maximum Gasteiger partial charge on any atom is 0.221 e. The first kappa shape index (κ1) is 17.4. The molecule has 0 saturated carbocycles. The van der Waals surface area contributed by atoms with E-state index in [1.165, 1.54) is 0 Å². The fourth-order valence-electron chi connectivity index (χ4n) is 2.31. The van der Waals surface area contributed by atoms with E-state index in [1.807, 2.05) is 20.8 Å². The molecular formula is C13H26N2O4S. The second kappa shape index (κ2) is 6.87. The minimum atomic E-state index is -3.02. The number of hydrogen-bond acceptors (Lipinski definition) is 5. The average Bonchev–Trinajstić information content (AvgIpc) is 2.22. The predicted molar refractivity (Wildman–Crippen MR) is 78.2 cm³/mol. The Labute approximate surface area is 121 Å². The molecule has 3 N–H and O–H groups in total. The van der Waals surface area contributed by atoms with Crippen LogP contribution in [0, 0.1) is 5.41 Å². The van der Waals surface area contributed by atoms with E-state index in [0.717, 1.165) is 0 Å². The molecule has 1 aliphatic heterocycles. The summed E-state index contributed by atoms with van der Waals surface area (Å²) in [6.45, 7) is 6.67. The zero-order valence-corrected chi connectivity index (χ0v) is 13.3. The van der Waals surface area contributed by atoms with E-state index >= 15 is 0 Å². The molecule has 6 nitrogen and oxygen atoms in total. The highest BCUT2D eigenvalue weighted by Crippen LogP contribution is 2.20. The Balaban J connectivity index is 2.30. The molecule has 0 aromatic carbocycles. The molecule has 20 heavy (non-hydrogen) atoms. The molecule has 1 amide bonds.